The summed E-state index contributed by atoms with van der Waals surface area (Å²) in [6.07, 6.45) is 8.27. The predicted molar refractivity (Wildman–Crippen MR) is 91.7 cm³/mol. The van der Waals surface area contributed by atoms with Crippen molar-refractivity contribution in [2.24, 2.45) is 0 Å². The maximum Gasteiger partial charge on any atom is 0.0334 e. The second kappa shape index (κ2) is 8.55. The first kappa shape index (κ1) is 16.5. The summed E-state index contributed by atoms with van der Waals surface area (Å²) in [4.78, 5) is 2.60. The van der Waals surface area contributed by atoms with E-state index in [0.29, 0.717) is 6.04 Å². The van der Waals surface area contributed by atoms with Gasteiger partial charge in [0.05, 0.1) is 0 Å². The van der Waals surface area contributed by atoms with Crippen LogP contribution in [0.15, 0.2) is 24.3 Å². The molecule has 1 aliphatic rings. The Morgan fingerprint density at radius 2 is 1.90 bits per heavy atom. The number of nitrogens with zero attached hydrogens (tertiary/aromatic N) is 1. The van der Waals surface area contributed by atoms with Gasteiger partial charge in [-0.3, -0.25) is 0 Å². The summed E-state index contributed by atoms with van der Waals surface area (Å²) in [5.41, 5.74) is 2.88. The van der Waals surface area contributed by atoms with Crippen molar-refractivity contribution in [1.29, 1.82) is 0 Å². The molecule has 0 bridgehead atoms. The van der Waals surface area contributed by atoms with Crippen molar-refractivity contribution in [2.45, 2.75) is 64.5 Å². The minimum Gasteiger partial charge on any atom is -0.310 e. The van der Waals surface area contributed by atoms with Gasteiger partial charge in [-0.25, -0.2) is 0 Å². The smallest absolute Gasteiger partial charge is 0.0334 e. The molecule has 2 rings (SSSR count). The predicted octanol–water partition coefficient (Wildman–Crippen LogP) is 4.30. The van der Waals surface area contributed by atoms with E-state index in [4.69, 9.17) is 0 Å². The molecule has 118 valence electrons. The van der Waals surface area contributed by atoms with Gasteiger partial charge in [0.2, 0.25) is 0 Å². The molecule has 1 unspecified atom stereocenters. The Balaban J connectivity index is 1.92. The molecule has 0 heterocycles. The van der Waals surface area contributed by atoms with Crippen LogP contribution in [0.5, 0.6) is 0 Å². The Kier molecular flexibility index (Phi) is 6.72. The number of hydrogen-bond acceptors (Lipinski definition) is 2. The van der Waals surface area contributed by atoms with Crippen molar-refractivity contribution in [1.82, 2.24) is 10.2 Å². The molecule has 0 radical (unpaired) electrons. The number of benzene rings is 1. The average molecular weight is 288 g/mol. The van der Waals surface area contributed by atoms with E-state index in [1.165, 1.54) is 56.2 Å². The van der Waals surface area contributed by atoms with Crippen molar-refractivity contribution >= 4 is 0 Å². The molecule has 21 heavy (non-hydrogen) atoms. The van der Waals surface area contributed by atoms with Crippen LogP contribution in [-0.2, 0) is 0 Å². The van der Waals surface area contributed by atoms with Crippen molar-refractivity contribution < 1.29 is 0 Å². The Labute approximate surface area is 130 Å². The van der Waals surface area contributed by atoms with Gasteiger partial charge in [0.25, 0.3) is 0 Å². The highest BCUT2D eigenvalue weighted by molar-refractivity contribution is 5.28. The van der Waals surface area contributed by atoms with Crippen molar-refractivity contribution in [2.75, 3.05) is 20.1 Å². The second-order valence-corrected chi connectivity index (χ2v) is 6.53. The van der Waals surface area contributed by atoms with Crippen molar-refractivity contribution in [3.8, 4) is 0 Å². The third-order valence-corrected chi connectivity index (χ3v) is 4.98. The molecule has 0 spiro atoms. The maximum atomic E-state index is 3.67. The molecule has 1 aromatic carbocycles. The van der Waals surface area contributed by atoms with E-state index in [1.807, 2.05) is 0 Å². The number of rotatable bonds is 7. The first-order valence-electron chi connectivity index (χ1n) is 8.71. The summed E-state index contributed by atoms with van der Waals surface area (Å²) in [7, 11) is 2.32. The van der Waals surface area contributed by atoms with Gasteiger partial charge in [-0.2, -0.15) is 0 Å². The summed E-state index contributed by atoms with van der Waals surface area (Å²) in [6, 6.07) is 10.1. The lowest BCUT2D eigenvalue weighted by atomic mass is 9.93. The molecule has 1 N–H and O–H groups in total. The molecule has 0 amide bonds. The molecule has 2 heteroatoms. The van der Waals surface area contributed by atoms with Crippen molar-refractivity contribution in [3.63, 3.8) is 0 Å². The van der Waals surface area contributed by atoms with Gasteiger partial charge >= 0.3 is 0 Å². The quantitative estimate of drug-likeness (QED) is 0.804. The van der Waals surface area contributed by atoms with E-state index < -0.39 is 0 Å². The molecule has 0 saturated heterocycles. The van der Waals surface area contributed by atoms with Crippen LogP contribution >= 0.6 is 0 Å². The fraction of sp³-hybridized carbons (Fsp3) is 0.684. The Bertz CT molecular complexity index is 410. The molecule has 0 aliphatic heterocycles. The van der Waals surface area contributed by atoms with Crippen LogP contribution in [0.3, 0.4) is 0 Å². The number of aryl methyl sites for hydroxylation is 1. The Morgan fingerprint density at radius 3 is 2.57 bits per heavy atom. The van der Waals surface area contributed by atoms with E-state index >= 15 is 0 Å². The molecule has 1 saturated carbocycles. The van der Waals surface area contributed by atoms with Crippen LogP contribution in [0.25, 0.3) is 0 Å². The summed E-state index contributed by atoms with van der Waals surface area (Å²) in [5.74, 6) is 0. The van der Waals surface area contributed by atoms with Crippen molar-refractivity contribution in [3.05, 3.63) is 35.4 Å². The highest BCUT2D eigenvalue weighted by atomic mass is 15.1. The Hall–Kier alpha value is -0.860. The number of nitrogens with one attached hydrogen (secondary N) is 1. The van der Waals surface area contributed by atoms with Gasteiger partial charge in [0.1, 0.15) is 0 Å². The molecule has 0 aromatic heterocycles. The molecule has 1 fully saturated rings. The average Bonchev–Trinajstić information content (AvgIpc) is 2.53. The lowest BCUT2D eigenvalue weighted by Gasteiger charge is -2.32. The molecule has 1 aliphatic carbocycles. The first-order chi connectivity index (χ1) is 10.2. The van der Waals surface area contributed by atoms with E-state index in [2.05, 4.69) is 55.4 Å². The van der Waals surface area contributed by atoms with E-state index in [1.54, 1.807) is 0 Å². The largest absolute Gasteiger partial charge is 0.310 e. The van der Waals surface area contributed by atoms with Gasteiger partial charge in [0.15, 0.2) is 0 Å². The third-order valence-electron chi connectivity index (χ3n) is 4.98. The minimum atomic E-state index is 0.488. The molecule has 2 nitrogen and oxygen atoms in total. The van der Waals surface area contributed by atoms with E-state index in [-0.39, 0.29) is 0 Å². The first-order valence-corrected chi connectivity index (χ1v) is 8.71. The van der Waals surface area contributed by atoms with Crippen LogP contribution in [0.4, 0.5) is 0 Å². The van der Waals surface area contributed by atoms with E-state index in [0.717, 1.165) is 12.6 Å². The Morgan fingerprint density at radius 1 is 1.19 bits per heavy atom. The molecule has 1 aromatic rings. The molecular weight excluding hydrogens is 256 g/mol. The highest BCUT2D eigenvalue weighted by Crippen LogP contribution is 2.24. The van der Waals surface area contributed by atoms with Gasteiger partial charge in [-0.1, -0.05) is 50.5 Å². The molecular formula is C19H32N2. The van der Waals surface area contributed by atoms with Crippen LogP contribution in [0.2, 0.25) is 0 Å². The summed E-state index contributed by atoms with van der Waals surface area (Å²) in [5, 5.41) is 3.67. The number of hydrogen-bond donors (Lipinski definition) is 1. The summed E-state index contributed by atoms with van der Waals surface area (Å²) < 4.78 is 0. The highest BCUT2D eigenvalue weighted by Gasteiger charge is 2.19. The fourth-order valence-corrected chi connectivity index (χ4v) is 3.63. The van der Waals surface area contributed by atoms with Crippen LogP contribution in [0, 0.1) is 6.92 Å². The zero-order valence-corrected chi connectivity index (χ0v) is 14.1. The van der Waals surface area contributed by atoms with Crippen LogP contribution < -0.4 is 5.32 Å². The summed E-state index contributed by atoms with van der Waals surface area (Å²) in [6.45, 7) is 6.66. The zero-order valence-electron chi connectivity index (χ0n) is 14.1. The topological polar surface area (TPSA) is 15.3 Å². The third kappa shape index (κ3) is 4.82. The SMILES string of the molecule is CCNC(CCN(C)C1CCCCC1)c1ccccc1C. The fourth-order valence-electron chi connectivity index (χ4n) is 3.63. The molecule has 1 atom stereocenters. The summed E-state index contributed by atoms with van der Waals surface area (Å²) >= 11 is 0. The standard InChI is InChI=1S/C19H32N2/c1-4-20-19(18-13-9-8-10-16(18)2)14-15-21(3)17-11-6-5-7-12-17/h8-10,13,17,19-20H,4-7,11-12,14-15H2,1-3H3. The van der Waals surface area contributed by atoms with Gasteiger partial charge in [-0.05, 0) is 57.5 Å². The zero-order chi connectivity index (χ0) is 15.1. The van der Waals surface area contributed by atoms with Gasteiger partial charge in [0, 0.05) is 12.1 Å². The lowest BCUT2D eigenvalue weighted by Crippen LogP contribution is -2.36. The van der Waals surface area contributed by atoms with Gasteiger partial charge < -0.3 is 10.2 Å². The van der Waals surface area contributed by atoms with Crippen LogP contribution in [-0.4, -0.2) is 31.1 Å². The monoisotopic (exact) mass is 288 g/mol. The van der Waals surface area contributed by atoms with E-state index in [9.17, 15) is 0 Å². The second-order valence-electron chi connectivity index (χ2n) is 6.53. The normalized spacial score (nSPS) is 18.1. The van der Waals surface area contributed by atoms with Gasteiger partial charge in [-0.15, -0.1) is 0 Å². The minimum absolute atomic E-state index is 0.488. The van der Waals surface area contributed by atoms with Crippen LogP contribution in [0.1, 0.15) is 62.6 Å². The maximum absolute atomic E-state index is 3.67. The lowest BCUT2D eigenvalue weighted by molar-refractivity contribution is 0.183.